The first-order valence-corrected chi connectivity index (χ1v) is 8.67. The highest BCUT2D eigenvalue weighted by Gasteiger charge is 2.34. The average molecular weight is 304 g/mol. The second-order valence-electron chi connectivity index (χ2n) is 6.12. The van der Waals surface area contributed by atoms with E-state index < -0.39 is 0 Å². The Balaban J connectivity index is 1.85. The number of carbonyl (C=O) groups excluding carboxylic acids is 1. The van der Waals surface area contributed by atoms with E-state index in [0.717, 1.165) is 50.0 Å². The molecule has 2 atom stereocenters. The molecule has 0 radical (unpaired) electrons. The van der Waals surface area contributed by atoms with Crippen LogP contribution in [0.3, 0.4) is 0 Å². The molecule has 122 valence electrons. The van der Waals surface area contributed by atoms with Crippen molar-refractivity contribution in [2.75, 3.05) is 6.61 Å². The van der Waals surface area contributed by atoms with E-state index in [0.29, 0.717) is 0 Å². The summed E-state index contributed by atoms with van der Waals surface area (Å²) in [6.07, 6.45) is 7.40. The number of hydrogen-bond donors (Lipinski definition) is 0. The smallest absolute Gasteiger partial charge is 0.309 e. The largest absolute Gasteiger partial charge is 0.494 e. The van der Waals surface area contributed by atoms with Gasteiger partial charge < -0.3 is 9.47 Å². The van der Waals surface area contributed by atoms with Crippen LogP contribution in [-0.4, -0.2) is 12.6 Å². The summed E-state index contributed by atoms with van der Waals surface area (Å²) in [4.78, 5) is 11.9. The van der Waals surface area contributed by atoms with Gasteiger partial charge in [-0.05, 0) is 30.5 Å². The van der Waals surface area contributed by atoms with Crippen molar-refractivity contribution in [1.29, 1.82) is 0 Å². The molecule has 0 aromatic heterocycles. The quantitative estimate of drug-likeness (QED) is 0.473. The molecule has 3 heteroatoms. The van der Waals surface area contributed by atoms with E-state index in [4.69, 9.17) is 9.47 Å². The molecular weight excluding hydrogens is 276 g/mol. The summed E-state index contributed by atoms with van der Waals surface area (Å²) in [5.41, 5.74) is 1.08. The van der Waals surface area contributed by atoms with Crippen LogP contribution in [0.4, 0.5) is 0 Å². The zero-order valence-electron chi connectivity index (χ0n) is 13.8. The molecule has 1 aliphatic heterocycles. The number of rotatable bonds is 9. The number of esters is 1. The lowest BCUT2D eigenvalue weighted by Gasteiger charge is -2.11. The molecule has 3 nitrogen and oxygen atoms in total. The van der Waals surface area contributed by atoms with Crippen molar-refractivity contribution in [2.24, 2.45) is 5.92 Å². The van der Waals surface area contributed by atoms with Crippen LogP contribution in [0.25, 0.3) is 0 Å². The molecule has 1 heterocycles. The maximum atomic E-state index is 11.9. The normalized spacial score (nSPS) is 20.9. The molecule has 0 N–H and O–H groups in total. The second-order valence-corrected chi connectivity index (χ2v) is 6.12. The van der Waals surface area contributed by atoms with Gasteiger partial charge in [-0.2, -0.15) is 0 Å². The molecule has 1 fully saturated rings. The Morgan fingerprint density at radius 3 is 2.50 bits per heavy atom. The molecule has 1 saturated heterocycles. The number of ether oxygens (including phenoxy) is 2. The molecule has 0 spiro atoms. The molecule has 22 heavy (non-hydrogen) atoms. The summed E-state index contributed by atoms with van der Waals surface area (Å²) in [5.74, 6) is 0.947. The fourth-order valence-electron chi connectivity index (χ4n) is 2.83. The van der Waals surface area contributed by atoms with E-state index in [1.165, 1.54) is 12.8 Å². The first kappa shape index (κ1) is 16.9. The second kappa shape index (κ2) is 8.82. The Kier molecular flexibility index (Phi) is 6.75. The molecule has 2 rings (SSSR count). The van der Waals surface area contributed by atoms with Crippen LogP contribution in [0.1, 0.15) is 70.5 Å². The van der Waals surface area contributed by atoms with E-state index in [1.807, 2.05) is 24.3 Å². The lowest BCUT2D eigenvalue weighted by atomic mass is 9.95. The highest BCUT2D eigenvalue weighted by atomic mass is 16.6. The van der Waals surface area contributed by atoms with Gasteiger partial charge in [-0.3, -0.25) is 4.79 Å². The number of carbonyl (C=O) groups is 1. The Hall–Kier alpha value is -1.51. The number of hydrogen-bond acceptors (Lipinski definition) is 3. The third-order valence-electron chi connectivity index (χ3n) is 4.26. The molecule has 0 amide bonds. The SMILES string of the molecule is CCCCCC1CC(c2ccc(OCCCC)cc2)OC1=O. The molecular formula is C19H28O3. The highest BCUT2D eigenvalue weighted by molar-refractivity contribution is 5.74. The number of unbranched alkanes of at least 4 members (excludes halogenated alkanes) is 3. The minimum atomic E-state index is -0.0798. The van der Waals surface area contributed by atoms with Crippen molar-refractivity contribution in [2.45, 2.75) is 64.9 Å². The number of benzene rings is 1. The first-order valence-electron chi connectivity index (χ1n) is 8.67. The van der Waals surface area contributed by atoms with Gasteiger partial charge in [0.15, 0.2) is 0 Å². The predicted octanol–water partition coefficient (Wildman–Crippen LogP) is 5.05. The Labute approximate surface area is 134 Å². The summed E-state index contributed by atoms with van der Waals surface area (Å²) in [7, 11) is 0. The maximum absolute atomic E-state index is 11.9. The maximum Gasteiger partial charge on any atom is 0.309 e. The highest BCUT2D eigenvalue weighted by Crippen LogP contribution is 2.36. The van der Waals surface area contributed by atoms with Gasteiger partial charge in [-0.15, -0.1) is 0 Å². The monoisotopic (exact) mass is 304 g/mol. The summed E-state index contributed by atoms with van der Waals surface area (Å²) in [6, 6.07) is 7.99. The van der Waals surface area contributed by atoms with Crippen LogP contribution in [-0.2, 0) is 9.53 Å². The van der Waals surface area contributed by atoms with E-state index in [2.05, 4.69) is 13.8 Å². The van der Waals surface area contributed by atoms with Gasteiger partial charge in [0.2, 0.25) is 0 Å². The molecule has 1 aromatic rings. The summed E-state index contributed by atoms with van der Waals surface area (Å²) < 4.78 is 11.2. The summed E-state index contributed by atoms with van der Waals surface area (Å²) in [6.45, 7) is 5.09. The standard InChI is InChI=1S/C19H28O3/c1-3-5-7-8-16-14-18(22-19(16)20)15-9-11-17(12-10-15)21-13-6-4-2/h9-12,16,18H,3-8,13-14H2,1-2H3. The van der Waals surface area contributed by atoms with Crippen molar-refractivity contribution in [3.05, 3.63) is 29.8 Å². The van der Waals surface area contributed by atoms with Gasteiger partial charge in [-0.25, -0.2) is 0 Å². The fraction of sp³-hybridized carbons (Fsp3) is 0.632. The predicted molar refractivity (Wildman–Crippen MR) is 87.9 cm³/mol. The van der Waals surface area contributed by atoms with E-state index >= 15 is 0 Å². The van der Waals surface area contributed by atoms with E-state index in [9.17, 15) is 4.79 Å². The van der Waals surface area contributed by atoms with Gasteiger partial charge in [0, 0.05) is 6.42 Å². The minimum Gasteiger partial charge on any atom is -0.494 e. The summed E-state index contributed by atoms with van der Waals surface area (Å²) in [5, 5.41) is 0. The van der Waals surface area contributed by atoms with Crippen LogP contribution in [0.15, 0.2) is 24.3 Å². The van der Waals surface area contributed by atoms with Crippen LogP contribution in [0.2, 0.25) is 0 Å². The Morgan fingerprint density at radius 2 is 1.82 bits per heavy atom. The van der Waals surface area contributed by atoms with Gasteiger partial charge in [0.25, 0.3) is 0 Å². The van der Waals surface area contributed by atoms with Gasteiger partial charge in [-0.1, -0.05) is 51.7 Å². The van der Waals surface area contributed by atoms with Crippen LogP contribution in [0, 0.1) is 5.92 Å². The lowest BCUT2D eigenvalue weighted by molar-refractivity contribution is -0.144. The fourth-order valence-corrected chi connectivity index (χ4v) is 2.83. The van der Waals surface area contributed by atoms with Crippen LogP contribution >= 0.6 is 0 Å². The molecule has 0 aliphatic carbocycles. The lowest BCUT2D eigenvalue weighted by Crippen LogP contribution is -2.06. The third-order valence-corrected chi connectivity index (χ3v) is 4.26. The van der Waals surface area contributed by atoms with Crippen molar-refractivity contribution >= 4 is 5.97 Å². The average Bonchev–Trinajstić information content (AvgIpc) is 2.90. The molecule has 1 aliphatic rings. The zero-order chi connectivity index (χ0) is 15.8. The first-order chi connectivity index (χ1) is 10.7. The van der Waals surface area contributed by atoms with E-state index in [-0.39, 0.29) is 18.0 Å². The molecule has 0 saturated carbocycles. The van der Waals surface area contributed by atoms with Crippen molar-refractivity contribution in [3.8, 4) is 5.75 Å². The number of cyclic esters (lactones) is 1. The van der Waals surface area contributed by atoms with E-state index in [1.54, 1.807) is 0 Å². The topological polar surface area (TPSA) is 35.5 Å². The third kappa shape index (κ3) is 4.75. The van der Waals surface area contributed by atoms with Gasteiger partial charge in [0.05, 0.1) is 12.5 Å². The Bertz CT molecular complexity index is 452. The molecule has 2 unspecified atom stereocenters. The van der Waals surface area contributed by atoms with Crippen molar-refractivity contribution < 1.29 is 14.3 Å². The van der Waals surface area contributed by atoms with Gasteiger partial charge in [0.1, 0.15) is 11.9 Å². The van der Waals surface area contributed by atoms with Crippen molar-refractivity contribution in [1.82, 2.24) is 0 Å². The van der Waals surface area contributed by atoms with Gasteiger partial charge >= 0.3 is 5.97 Å². The Morgan fingerprint density at radius 1 is 1.09 bits per heavy atom. The van der Waals surface area contributed by atoms with Crippen LogP contribution < -0.4 is 4.74 Å². The van der Waals surface area contributed by atoms with Crippen molar-refractivity contribution in [3.63, 3.8) is 0 Å². The summed E-state index contributed by atoms with van der Waals surface area (Å²) >= 11 is 0. The van der Waals surface area contributed by atoms with Crippen LogP contribution in [0.5, 0.6) is 5.75 Å². The minimum absolute atomic E-state index is 0.0237. The molecule has 1 aromatic carbocycles. The zero-order valence-corrected chi connectivity index (χ0v) is 13.8. The molecule has 0 bridgehead atoms.